The largest absolute Gasteiger partial charge is 0.338 e. The van der Waals surface area contributed by atoms with Crippen molar-refractivity contribution in [1.29, 1.82) is 0 Å². The zero-order valence-electron chi connectivity index (χ0n) is 7.74. The van der Waals surface area contributed by atoms with Gasteiger partial charge in [-0.15, -0.1) is 0 Å². The number of carbonyl (C=O) groups is 1. The third-order valence-electron chi connectivity index (χ3n) is 2.33. The predicted octanol–water partition coefficient (Wildman–Crippen LogP) is 2.39. The molecule has 0 aliphatic carbocycles. The third kappa shape index (κ3) is 1.90. The van der Waals surface area contributed by atoms with Crippen LogP contribution in [0.3, 0.4) is 0 Å². The van der Waals surface area contributed by atoms with Crippen LogP contribution in [0.5, 0.6) is 0 Å². The van der Waals surface area contributed by atoms with E-state index in [1.54, 1.807) is 24.3 Å². The molecule has 2 nitrogen and oxygen atoms in total. The maximum Gasteiger partial charge on any atom is 0.253 e. The Hall–Kier alpha value is -1.02. The van der Waals surface area contributed by atoms with Crippen LogP contribution in [0.2, 0.25) is 5.02 Å². The van der Waals surface area contributed by atoms with Gasteiger partial charge >= 0.3 is 0 Å². The summed E-state index contributed by atoms with van der Waals surface area (Å²) in [5.74, 6) is 0.0930. The van der Waals surface area contributed by atoms with Gasteiger partial charge in [-0.05, 0) is 37.1 Å². The van der Waals surface area contributed by atoms with E-state index in [0.717, 1.165) is 19.5 Å². The molecule has 3 heteroatoms. The lowest BCUT2D eigenvalue weighted by Gasteiger charge is -2.14. The van der Waals surface area contributed by atoms with Crippen molar-refractivity contribution in [2.75, 3.05) is 13.1 Å². The van der Waals surface area contributed by atoms with Crippen LogP contribution in [0.25, 0.3) is 0 Å². The van der Waals surface area contributed by atoms with Crippen molar-refractivity contribution in [3.8, 4) is 0 Å². The highest BCUT2D eigenvalue weighted by Crippen LogP contribution is 2.14. The number of nitrogens with zero attached hydrogens (tertiary/aromatic N) is 1. The molecule has 1 heterocycles. The van der Waals surface area contributed by atoms with E-state index in [-0.39, 0.29) is 5.91 Å². The first-order valence-electron chi connectivity index (χ1n) is 4.64. The van der Waals surface area contributed by atoms with E-state index in [0.29, 0.717) is 10.6 Å². The summed E-state index contributed by atoms with van der Waals surface area (Å²) in [5.41, 5.74) is 0.713. The fraction of sp³-hybridized carbons (Fsp3) is 0.273. The highest BCUT2D eigenvalue weighted by Gasteiger charge is 2.18. The topological polar surface area (TPSA) is 20.3 Å². The molecule has 1 aromatic carbocycles. The molecule has 1 aromatic rings. The van der Waals surface area contributed by atoms with Crippen molar-refractivity contribution in [1.82, 2.24) is 4.90 Å². The molecule has 1 aliphatic rings. The zero-order chi connectivity index (χ0) is 9.97. The van der Waals surface area contributed by atoms with Crippen molar-refractivity contribution in [3.63, 3.8) is 0 Å². The number of hydrogen-bond acceptors (Lipinski definition) is 1. The van der Waals surface area contributed by atoms with Crippen LogP contribution in [0.15, 0.2) is 24.3 Å². The van der Waals surface area contributed by atoms with Crippen LogP contribution in [0, 0.1) is 6.42 Å². The summed E-state index contributed by atoms with van der Waals surface area (Å²) < 4.78 is 0. The van der Waals surface area contributed by atoms with Crippen LogP contribution in [0.1, 0.15) is 16.8 Å². The van der Waals surface area contributed by atoms with Gasteiger partial charge in [0.05, 0.1) is 0 Å². The average Bonchev–Trinajstić information content (AvgIpc) is 2.71. The molecule has 1 radical (unpaired) electrons. The Kier molecular flexibility index (Phi) is 2.73. The van der Waals surface area contributed by atoms with Gasteiger partial charge in [-0.3, -0.25) is 4.79 Å². The molecule has 0 atom stereocenters. The molecule has 0 N–H and O–H groups in total. The second-order valence-corrected chi connectivity index (χ2v) is 3.77. The van der Waals surface area contributed by atoms with Crippen LogP contribution < -0.4 is 0 Å². The second kappa shape index (κ2) is 4.01. The minimum Gasteiger partial charge on any atom is -0.338 e. The van der Waals surface area contributed by atoms with Gasteiger partial charge in [0.2, 0.25) is 0 Å². The van der Waals surface area contributed by atoms with E-state index in [9.17, 15) is 4.79 Å². The van der Waals surface area contributed by atoms with E-state index in [2.05, 4.69) is 6.42 Å². The van der Waals surface area contributed by atoms with Crippen LogP contribution >= 0.6 is 11.6 Å². The summed E-state index contributed by atoms with van der Waals surface area (Å²) in [6.07, 6.45) is 3.12. The van der Waals surface area contributed by atoms with Gasteiger partial charge in [-0.25, -0.2) is 0 Å². The highest BCUT2D eigenvalue weighted by molar-refractivity contribution is 6.30. The van der Waals surface area contributed by atoms with Crippen molar-refractivity contribution < 1.29 is 4.79 Å². The molecule has 1 fully saturated rings. The standard InChI is InChI=1S/C11H11ClNO/c12-10-5-3-9(4-6-10)11(14)13-7-1-2-8-13/h1,3-6H,2,7-8H2. The normalized spacial score (nSPS) is 15.9. The number of carbonyl (C=O) groups excluding carboxylic acids is 1. The van der Waals surface area contributed by atoms with Crippen LogP contribution in [-0.2, 0) is 0 Å². The van der Waals surface area contributed by atoms with E-state index in [1.807, 2.05) is 4.90 Å². The number of hydrogen-bond donors (Lipinski definition) is 0. The first-order valence-corrected chi connectivity index (χ1v) is 5.01. The highest BCUT2D eigenvalue weighted by atomic mass is 35.5. The predicted molar refractivity (Wildman–Crippen MR) is 56.3 cm³/mol. The minimum absolute atomic E-state index is 0.0930. The lowest BCUT2D eigenvalue weighted by atomic mass is 10.2. The molecule has 14 heavy (non-hydrogen) atoms. The van der Waals surface area contributed by atoms with Gasteiger partial charge in [0.1, 0.15) is 0 Å². The lowest BCUT2D eigenvalue weighted by Crippen LogP contribution is -2.27. The monoisotopic (exact) mass is 208 g/mol. The minimum atomic E-state index is 0.0930. The maximum atomic E-state index is 11.8. The molecule has 0 spiro atoms. The molecular weight excluding hydrogens is 198 g/mol. The Morgan fingerprint density at radius 2 is 2.00 bits per heavy atom. The van der Waals surface area contributed by atoms with Gasteiger partial charge in [0.15, 0.2) is 0 Å². The fourth-order valence-electron chi connectivity index (χ4n) is 1.55. The summed E-state index contributed by atoms with van der Waals surface area (Å²) in [6.45, 7) is 1.60. The van der Waals surface area contributed by atoms with Gasteiger partial charge in [0, 0.05) is 23.7 Å². The molecule has 0 unspecified atom stereocenters. The molecule has 0 bridgehead atoms. The first kappa shape index (κ1) is 9.53. The fourth-order valence-corrected chi connectivity index (χ4v) is 1.67. The molecule has 1 saturated heterocycles. The van der Waals surface area contributed by atoms with Gasteiger partial charge in [0.25, 0.3) is 5.91 Å². The average molecular weight is 209 g/mol. The first-order chi connectivity index (χ1) is 6.77. The summed E-state index contributed by atoms with van der Waals surface area (Å²) in [7, 11) is 0. The summed E-state index contributed by atoms with van der Waals surface area (Å²) in [6, 6.07) is 7.02. The van der Waals surface area contributed by atoms with Gasteiger partial charge < -0.3 is 4.90 Å². The Bertz CT molecular complexity index is 328. The summed E-state index contributed by atoms with van der Waals surface area (Å²) >= 11 is 5.74. The Morgan fingerprint density at radius 1 is 1.29 bits per heavy atom. The number of amides is 1. The van der Waals surface area contributed by atoms with Crippen LogP contribution in [-0.4, -0.2) is 23.9 Å². The van der Waals surface area contributed by atoms with E-state index in [4.69, 9.17) is 11.6 Å². The SMILES string of the molecule is O=C(c1ccc(Cl)cc1)N1C[CH]CC1. The van der Waals surface area contributed by atoms with Crippen molar-refractivity contribution in [2.24, 2.45) is 0 Å². The van der Waals surface area contributed by atoms with E-state index >= 15 is 0 Å². The Balaban J connectivity index is 2.14. The van der Waals surface area contributed by atoms with Crippen molar-refractivity contribution in [3.05, 3.63) is 41.3 Å². The molecule has 0 saturated carbocycles. The molecule has 1 aliphatic heterocycles. The van der Waals surface area contributed by atoms with Crippen molar-refractivity contribution >= 4 is 17.5 Å². The molecule has 73 valence electrons. The second-order valence-electron chi connectivity index (χ2n) is 3.34. The van der Waals surface area contributed by atoms with Gasteiger partial charge in [-0.2, -0.15) is 0 Å². The van der Waals surface area contributed by atoms with Crippen molar-refractivity contribution in [2.45, 2.75) is 6.42 Å². The lowest BCUT2D eigenvalue weighted by molar-refractivity contribution is 0.0796. The van der Waals surface area contributed by atoms with E-state index < -0.39 is 0 Å². The van der Waals surface area contributed by atoms with E-state index in [1.165, 1.54) is 0 Å². The summed E-state index contributed by atoms with van der Waals surface area (Å²) in [5, 5.41) is 0.662. The number of benzene rings is 1. The number of halogens is 1. The summed E-state index contributed by atoms with van der Waals surface area (Å²) in [4.78, 5) is 13.7. The maximum absolute atomic E-state index is 11.8. The molecule has 1 amide bonds. The molecular formula is C11H11ClNO. The van der Waals surface area contributed by atoms with Gasteiger partial charge in [-0.1, -0.05) is 11.6 Å². The van der Waals surface area contributed by atoms with Crippen LogP contribution in [0.4, 0.5) is 0 Å². The zero-order valence-corrected chi connectivity index (χ0v) is 8.50. The third-order valence-corrected chi connectivity index (χ3v) is 2.58. The Labute approximate surface area is 88.5 Å². The number of likely N-dealkylation sites (tertiary alicyclic amines) is 1. The molecule has 0 aromatic heterocycles. The smallest absolute Gasteiger partial charge is 0.253 e. The number of rotatable bonds is 1. The molecule has 2 rings (SSSR count). The Morgan fingerprint density at radius 3 is 2.57 bits per heavy atom. The quantitative estimate of drug-likeness (QED) is 0.694.